The normalized spacial score (nSPS) is 13.3. The summed E-state index contributed by atoms with van der Waals surface area (Å²) in [6.07, 6.45) is -1.96. The van der Waals surface area contributed by atoms with Crippen molar-refractivity contribution in [3.63, 3.8) is 0 Å². The molecule has 0 radical (unpaired) electrons. The maximum atomic E-state index is 14.2. The molecule has 3 rings (SSSR count). The summed E-state index contributed by atoms with van der Waals surface area (Å²) in [7, 11) is 0. The van der Waals surface area contributed by atoms with Crippen molar-refractivity contribution in [2.24, 2.45) is 0 Å². The first-order chi connectivity index (χ1) is 14.3. The number of ether oxygens (including phenoxy) is 1. The molecule has 1 aromatic carbocycles. The number of aliphatic hydroxyl groups is 1. The highest BCUT2D eigenvalue weighted by Crippen LogP contribution is 2.32. The van der Waals surface area contributed by atoms with E-state index in [4.69, 9.17) is 11.6 Å². The lowest BCUT2D eigenvalue weighted by Gasteiger charge is -2.30. The van der Waals surface area contributed by atoms with Gasteiger partial charge in [0.15, 0.2) is 22.4 Å². The first kappa shape index (κ1) is 22.8. The molecule has 0 fully saturated rings. The van der Waals surface area contributed by atoms with Gasteiger partial charge in [-0.15, -0.1) is 13.2 Å². The fraction of sp³-hybridized carbons (Fsp3) is 0.316. The molecule has 0 spiro atoms. The minimum atomic E-state index is -5.07. The van der Waals surface area contributed by atoms with Gasteiger partial charge in [0, 0.05) is 12.4 Å². The zero-order chi connectivity index (χ0) is 23.1. The van der Waals surface area contributed by atoms with Gasteiger partial charge in [-0.2, -0.15) is 5.10 Å². The molecule has 7 nitrogen and oxygen atoms in total. The second-order valence-electron chi connectivity index (χ2n) is 7.36. The Labute approximate surface area is 178 Å². The molecule has 0 bridgehead atoms. The first-order valence-electron chi connectivity index (χ1n) is 8.85. The van der Waals surface area contributed by atoms with Gasteiger partial charge in [0.05, 0.1) is 11.6 Å². The van der Waals surface area contributed by atoms with Gasteiger partial charge in [-0.05, 0) is 44.0 Å². The van der Waals surface area contributed by atoms with E-state index in [9.17, 15) is 27.5 Å². The first-order valence-corrected chi connectivity index (χ1v) is 9.23. The Morgan fingerprint density at radius 1 is 1.32 bits per heavy atom. The van der Waals surface area contributed by atoms with E-state index in [1.54, 1.807) is 13.1 Å². The van der Waals surface area contributed by atoms with Crippen molar-refractivity contribution in [2.75, 3.05) is 0 Å². The summed E-state index contributed by atoms with van der Waals surface area (Å²) in [5.41, 5.74) is -0.779. The van der Waals surface area contributed by atoms with Crippen LogP contribution in [0.5, 0.6) is 5.75 Å². The highest BCUT2D eigenvalue weighted by Gasteiger charge is 2.35. The Balaban J connectivity index is 1.96. The van der Waals surface area contributed by atoms with E-state index in [2.05, 4.69) is 20.1 Å². The number of hydrogen-bond donors (Lipinski definition) is 2. The van der Waals surface area contributed by atoms with Crippen LogP contribution >= 0.6 is 11.6 Å². The molecule has 1 amide bonds. The number of carbonyl (C=O) groups excluding carboxylic acids is 1. The number of rotatable bonds is 5. The molecule has 3 aromatic rings. The Kier molecular flexibility index (Phi) is 5.85. The number of nitrogens with zero attached hydrogens (tertiary/aromatic N) is 3. The van der Waals surface area contributed by atoms with Gasteiger partial charge in [0.1, 0.15) is 5.56 Å². The average Bonchev–Trinajstić information content (AvgIpc) is 2.94. The number of carbonyl (C=O) groups is 1. The molecule has 166 valence electrons. The van der Waals surface area contributed by atoms with Crippen LogP contribution in [-0.4, -0.2) is 37.6 Å². The molecule has 0 saturated heterocycles. The minimum absolute atomic E-state index is 0.00396. The second kappa shape index (κ2) is 7.97. The maximum Gasteiger partial charge on any atom is 0.573 e. The van der Waals surface area contributed by atoms with Crippen LogP contribution in [0.15, 0.2) is 30.6 Å². The average molecular weight is 461 g/mol. The van der Waals surface area contributed by atoms with Gasteiger partial charge in [-0.1, -0.05) is 17.7 Å². The Bertz CT molecular complexity index is 1140. The number of nitrogens with one attached hydrogen (secondary N) is 1. The summed E-state index contributed by atoms with van der Waals surface area (Å²) in [6.45, 7) is 4.46. The lowest BCUT2D eigenvalue weighted by atomic mass is 9.91. The largest absolute Gasteiger partial charge is 0.573 e. The molecular weight excluding hydrogens is 444 g/mol. The predicted molar refractivity (Wildman–Crippen MR) is 102 cm³/mol. The molecule has 0 unspecified atom stereocenters. The topological polar surface area (TPSA) is 88.8 Å². The highest BCUT2D eigenvalue weighted by atomic mass is 35.5. The van der Waals surface area contributed by atoms with Crippen LogP contribution in [0.25, 0.3) is 5.65 Å². The van der Waals surface area contributed by atoms with Gasteiger partial charge in [-0.3, -0.25) is 4.79 Å². The summed E-state index contributed by atoms with van der Waals surface area (Å²) in [4.78, 5) is 17.1. The molecule has 1 atom stereocenters. The van der Waals surface area contributed by atoms with Crippen molar-refractivity contribution >= 4 is 23.2 Å². The molecule has 0 aliphatic heterocycles. The molecule has 2 N–H and O–H groups in total. The van der Waals surface area contributed by atoms with Gasteiger partial charge >= 0.3 is 6.36 Å². The third-order valence-corrected chi connectivity index (χ3v) is 4.55. The molecule has 31 heavy (non-hydrogen) atoms. The fourth-order valence-corrected chi connectivity index (χ4v) is 3.22. The third kappa shape index (κ3) is 5.05. The van der Waals surface area contributed by atoms with E-state index in [1.807, 2.05) is 0 Å². The zero-order valence-electron chi connectivity index (χ0n) is 16.5. The smallest absolute Gasteiger partial charge is 0.403 e. The van der Waals surface area contributed by atoms with Crippen molar-refractivity contribution in [3.05, 3.63) is 58.3 Å². The quantitative estimate of drug-likeness (QED) is 0.562. The van der Waals surface area contributed by atoms with Crippen LogP contribution < -0.4 is 10.1 Å². The van der Waals surface area contributed by atoms with E-state index < -0.39 is 35.5 Å². The van der Waals surface area contributed by atoms with Crippen LogP contribution in [0, 0.1) is 12.7 Å². The summed E-state index contributed by atoms with van der Waals surface area (Å²) >= 11 is 6.09. The summed E-state index contributed by atoms with van der Waals surface area (Å²) in [5.74, 6) is -3.12. The van der Waals surface area contributed by atoms with Crippen molar-refractivity contribution in [1.29, 1.82) is 0 Å². The van der Waals surface area contributed by atoms with Gasteiger partial charge in [0.2, 0.25) is 0 Å². The number of benzene rings is 1. The van der Waals surface area contributed by atoms with Crippen molar-refractivity contribution in [3.8, 4) is 5.75 Å². The van der Waals surface area contributed by atoms with Crippen molar-refractivity contribution < 1.29 is 32.2 Å². The van der Waals surface area contributed by atoms with Crippen LogP contribution in [0.4, 0.5) is 17.6 Å². The van der Waals surface area contributed by atoms with Crippen LogP contribution in [0.2, 0.25) is 5.15 Å². The van der Waals surface area contributed by atoms with Gasteiger partial charge in [0.25, 0.3) is 5.91 Å². The fourth-order valence-electron chi connectivity index (χ4n) is 2.97. The van der Waals surface area contributed by atoms with Gasteiger partial charge in [-0.25, -0.2) is 13.9 Å². The molecule has 0 aliphatic rings. The lowest BCUT2D eigenvalue weighted by molar-refractivity contribution is -0.275. The predicted octanol–water partition coefficient (Wildman–Crippen LogP) is 3.97. The van der Waals surface area contributed by atoms with Crippen LogP contribution in [0.1, 0.15) is 41.4 Å². The second-order valence-corrected chi connectivity index (χ2v) is 7.72. The molecule has 2 heterocycles. The van der Waals surface area contributed by atoms with E-state index in [0.717, 1.165) is 23.8 Å². The SMILES string of the molecule is Cc1cnc2c(C(=O)N[C@@H](c3ccc(OC(F)(F)F)c(F)c3)C(C)(C)O)c(Cl)nn2c1. The number of alkyl halides is 3. The third-order valence-electron chi connectivity index (χ3n) is 4.28. The number of aryl methyl sites for hydroxylation is 1. The van der Waals surface area contributed by atoms with Crippen LogP contribution in [0.3, 0.4) is 0 Å². The number of amides is 1. The summed E-state index contributed by atoms with van der Waals surface area (Å²) < 4.78 is 56.2. The number of aromatic nitrogens is 3. The summed E-state index contributed by atoms with van der Waals surface area (Å²) in [6, 6.07) is 1.39. The molecule has 0 saturated carbocycles. The Hall–Kier alpha value is -2.92. The number of hydrogen-bond acceptors (Lipinski definition) is 5. The Morgan fingerprint density at radius 3 is 2.58 bits per heavy atom. The standard InChI is InChI=1S/C19H17ClF4N4O3/c1-9-7-25-16-13(15(20)27-28(16)8-9)17(29)26-14(18(2,3)30)10-4-5-12(11(21)6-10)31-19(22,23)24/h4-8,14,30H,1-3H3,(H,26,29)/t14-/m0/s1. The lowest BCUT2D eigenvalue weighted by Crippen LogP contribution is -2.42. The molecule has 2 aromatic heterocycles. The Morgan fingerprint density at radius 2 is 2.00 bits per heavy atom. The minimum Gasteiger partial charge on any atom is -0.403 e. The zero-order valence-corrected chi connectivity index (χ0v) is 17.2. The number of fused-ring (bicyclic) bond motifs is 1. The van der Waals surface area contributed by atoms with Gasteiger partial charge < -0.3 is 15.2 Å². The highest BCUT2D eigenvalue weighted by molar-refractivity contribution is 6.33. The van der Waals surface area contributed by atoms with Crippen LogP contribution in [-0.2, 0) is 0 Å². The molecule has 0 aliphatic carbocycles. The summed E-state index contributed by atoms with van der Waals surface area (Å²) in [5, 5.41) is 16.9. The number of halogens is 5. The molecule has 12 heteroatoms. The maximum absolute atomic E-state index is 14.2. The molecular formula is C19H17ClF4N4O3. The van der Waals surface area contributed by atoms with E-state index in [-0.39, 0.29) is 21.9 Å². The monoisotopic (exact) mass is 460 g/mol. The van der Waals surface area contributed by atoms with E-state index in [1.165, 1.54) is 24.6 Å². The van der Waals surface area contributed by atoms with E-state index in [0.29, 0.717) is 0 Å². The van der Waals surface area contributed by atoms with E-state index >= 15 is 0 Å². The van der Waals surface area contributed by atoms with Crippen molar-refractivity contribution in [1.82, 2.24) is 19.9 Å². The van der Waals surface area contributed by atoms with Crippen molar-refractivity contribution in [2.45, 2.75) is 38.8 Å².